The summed E-state index contributed by atoms with van der Waals surface area (Å²) in [7, 11) is -3.77. The van der Waals surface area contributed by atoms with Gasteiger partial charge in [-0.05, 0) is 35.7 Å². The molecule has 0 bridgehead atoms. The van der Waals surface area contributed by atoms with E-state index in [2.05, 4.69) is 4.72 Å². The summed E-state index contributed by atoms with van der Waals surface area (Å²) >= 11 is 0. The highest BCUT2D eigenvalue weighted by Gasteiger charge is 2.15. The highest BCUT2D eigenvalue weighted by Crippen LogP contribution is 2.14. The van der Waals surface area contributed by atoms with Crippen LogP contribution in [0.2, 0.25) is 0 Å². The number of sulfonamides is 1. The Hall–Kier alpha value is -1.76. The van der Waals surface area contributed by atoms with E-state index in [4.69, 9.17) is 5.11 Å². The zero-order valence-corrected chi connectivity index (χ0v) is 12.3. The van der Waals surface area contributed by atoms with Gasteiger partial charge in [-0.25, -0.2) is 17.5 Å². The molecule has 6 heteroatoms. The van der Waals surface area contributed by atoms with Gasteiger partial charge in [0, 0.05) is 6.54 Å². The summed E-state index contributed by atoms with van der Waals surface area (Å²) < 4.78 is 40.1. The first-order valence-electron chi connectivity index (χ1n) is 6.37. The SMILES string of the molecule is Cc1ccc(S(=O)(=O)NCc2cccc(CO)c2)cc1F. The second-order valence-corrected chi connectivity index (χ2v) is 6.48. The minimum atomic E-state index is -3.77. The maximum atomic E-state index is 13.5. The quantitative estimate of drug-likeness (QED) is 0.889. The van der Waals surface area contributed by atoms with E-state index in [9.17, 15) is 12.8 Å². The Balaban J connectivity index is 2.15. The van der Waals surface area contributed by atoms with Crippen molar-refractivity contribution >= 4 is 10.0 Å². The van der Waals surface area contributed by atoms with E-state index in [1.807, 2.05) is 0 Å². The zero-order chi connectivity index (χ0) is 15.5. The van der Waals surface area contributed by atoms with Crippen molar-refractivity contribution in [2.24, 2.45) is 0 Å². The summed E-state index contributed by atoms with van der Waals surface area (Å²) in [5.41, 5.74) is 1.82. The van der Waals surface area contributed by atoms with Crippen molar-refractivity contribution in [1.82, 2.24) is 4.72 Å². The predicted octanol–water partition coefficient (Wildman–Crippen LogP) is 2.10. The lowest BCUT2D eigenvalue weighted by Gasteiger charge is -2.08. The summed E-state index contributed by atoms with van der Waals surface area (Å²) in [5, 5.41) is 9.04. The first-order chi connectivity index (χ1) is 9.92. The molecule has 2 aromatic rings. The normalized spacial score (nSPS) is 11.6. The van der Waals surface area contributed by atoms with Crippen molar-refractivity contribution in [1.29, 1.82) is 0 Å². The Morgan fingerprint density at radius 1 is 1.14 bits per heavy atom. The molecule has 0 aromatic heterocycles. The maximum absolute atomic E-state index is 13.5. The molecule has 0 fully saturated rings. The van der Waals surface area contributed by atoms with Gasteiger partial charge in [0.2, 0.25) is 10.0 Å². The number of nitrogens with one attached hydrogen (secondary N) is 1. The van der Waals surface area contributed by atoms with E-state index < -0.39 is 15.8 Å². The molecule has 0 amide bonds. The van der Waals surface area contributed by atoms with Crippen LogP contribution in [0.3, 0.4) is 0 Å². The van der Waals surface area contributed by atoms with E-state index >= 15 is 0 Å². The summed E-state index contributed by atoms with van der Waals surface area (Å²) in [6, 6.07) is 10.7. The molecule has 0 aliphatic heterocycles. The molecule has 2 N–H and O–H groups in total. The van der Waals surface area contributed by atoms with Gasteiger partial charge in [-0.1, -0.05) is 30.3 Å². The van der Waals surface area contributed by atoms with Crippen molar-refractivity contribution < 1.29 is 17.9 Å². The second-order valence-electron chi connectivity index (χ2n) is 4.71. The fourth-order valence-corrected chi connectivity index (χ4v) is 2.87. The van der Waals surface area contributed by atoms with Crippen molar-refractivity contribution in [2.45, 2.75) is 25.0 Å². The van der Waals surface area contributed by atoms with Crippen LogP contribution in [0.5, 0.6) is 0 Å². The average molecular weight is 309 g/mol. The molecule has 0 aliphatic carbocycles. The number of aliphatic hydroxyl groups is 1. The van der Waals surface area contributed by atoms with E-state index in [0.717, 1.165) is 11.6 Å². The minimum absolute atomic E-state index is 0.0751. The van der Waals surface area contributed by atoms with E-state index in [1.165, 1.54) is 12.1 Å². The first-order valence-corrected chi connectivity index (χ1v) is 7.85. The van der Waals surface area contributed by atoms with Gasteiger partial charge in [-0.15, -0.1) is 0 Å². The summed E-state index contributed by atoms with van der Waals surface area (Å²) in [6.07, 6.45) is 0. The third-order valence-corrected chi connectivity index (χ3v) is 4.49. The second kappa shape index (κ2) is 6.34. The van der Waals surface area contributed by atoms with Crippen LogP contribution in [0.4, 0.5) is 4.39 Å². The molecule has 0 unspecified atom stereocenters. The van der Waals surface area contributed by atoms with Gasteiger partial charge in [0.1, 0.15) is 5.82 Å². The number of aliphatic hydroxyl groups excluding tert-OH is 1. The van der Waals surface area contributed by atoms with Crippen molar-refractivity contribution in [2.75, 3.05) is 0 Å². The third kappa shape index (κ3) is 3.87. The maximum Gasteiger partial charge on any atom is 0.240 e. The van der Waals surface area contributed by atoms with Crippen LogP contribution in [0.25, 0.3) is 0 Å². The molecule has 0 saturated heterocycles. The van der Waals surface area contributed by atoms with Crippen molar-refractivity contribution in [3.63, 3.8) is 0 Å². The Morgan fingerprint density at radius 3 is 2.52 bits per heavy atom. The lowest BCUT2D eigenvalue weighted by atomic mass is 10.1. The largest absolute Gasteiger partial charge is 0.392 e. The lowest BCUT2D eigenvalue weighted by molar-refractivity contribution is 0.281. The number of benzene rings is 2. The van der Waals surface area contributed by atoms with Crippen LogP contribution in [-0.2, 0) is 23.2 Å². The Morgan fingerprint density at radius 2 is 1.86 bits per heavy atom. The van der Waals surface area contributed by atoms with Crippen molar-refractivity contribution in [3.05, 3.63) is 65.0 Å². The molecule has 0 saturated carbocycles. The average Bonchev–Trinajstić information content (AvgIpc) is 2.48. The van der Waals surface area contributed by atoms with Gasteiger partial charge < -0.3 is 5.11 Å². The number of hydrogen-bond acceptors (Lipinski definition) is 3. The van der Waals surface area contributed by atoms with Gasteiger partial charge >= 0.3 is 0 Å². The van der Waals surface area contributed by atoms with Crippen LogP contribution in [0, 0.1) is 12.7 Å². The third-order valence-electron chi connectivity index (χ3n) is 3.09. The number of halogens is 1. The number of aryl methyl sites for hydroxylation is 1. The minimum Gasteiger partial charge on any atom is -0.392 e. The standard InChI is InChI=1S/C15H16FNO3S/c1-11-5-6-14(8-15(11)16)21(19,20)17-9-12-3-2-4-13(7-12)10-18/h2-8,17-18H,9-10H2,1H3. The predicted molar refractivity (Wildman–Crippen MR) is 77.5 cm³/mol. The summed E-state index contributed by atoms with van der Waals surface area (Å²) in [5.74, 6) is -0.555. The molecule has 2 aromatic carbocycles. The number of rotatable bonds is 5. The molecular weight excluding hydrogens is 293 g/mol. The van der Waals surface area contributed by atoms with Crippen LogP contribution >= 0.6 is 0 Å². The molecule has 0 heterocycles. The molecule has 0 atom stereocenters. The zero-order valence-electron chi connectivity index (χ0n) is 11.5. The van der Waals surface area contributed by atoms with Gasteiger partial charge in [0.25, 0.3) is 0 Å². The highest BCUT2D eigenvalue weighted by molar-refractivity contribution is 7.89. The summed E-state index contributed by atoms with van der Waals surface area (Å²) in [6.45, 7) is 1.54. The van der Waals surface area contributed by atoms with Gasteiger partial charge in [-0.2, -0.15) is 0 Å². The molecule has 21 heavy (non-hydrogen) atoms. The molecule has 2 rings (SSSR count). The first kappa shape index (κ1) is 15.6. The van der Waals surface area contributed by atoms with Crippen LogP contribution < -0.4 is 4.72 Å². The highest BCUT2D eigenvalue weighted by atomic mass is 32.2. The lowest BCUT2D eigenvalue weighted by Crippen LogP contribution is -2.23. The van der Waals surface area contributed by atoms with Gasteiger partial charge in [0.05, 0.1) is 11.5 Å². The topological polar surface area (TPSA) is 66.4 Å². The van der Waals surface area contributed by atoms with E-state index in [0.29, 0.717) is 11.1 Å². The fraction of sp³-hybridized carbons (Fsp3) is 0.200. The smallest absolute Gasteiger partial charge is 0.240 e. The Bertz CT molecular complexity index is 744. The molecule has 0 spiro atoms. The van der Waals surface area contributed by atoms with Crippen LogP contribution in [-0.4, -0.2) is 13.5 Å². The van der Waals surface area contributed by atoms with Crippen LogP contribution in [0.15, 0.2) is 47.4 Å². The van der Waals surface area contributed by atoms with E-state index in [1.54, 1.807) is 31.2 Å². The Labute approximate surface area is 123 Å². The number of hydrogen-bond donors (Lipinski definition) is 2. The fourth-order valence-electron chi connectivity index (χ4n) is 1.84. The molecule has 4 nitrogen and oxygen atoms in total. The summed E-state index contributed by atoms with van der Waals surface area (Å²) in [4.78, 5) is -0.107. The van der Waals surface area contributed by atoms with Crippen LogP contribution in [0.1, 0.15) is 16.7 Å². The van der Waals surface area contributed by atoms with Crippen molar-refractivity contribution in [3.8, 4) is 0 Å². The molecule has 0 radical (unpaired) electrons. The Kier molecular flexibility index (Phi) is 4.72. The van der Waals surface area contributed by atoms with E-state index in [-0.39, 0.29) is 18.0 Å². The van der Waals surface area contributed by atoms with Gasteiger partial charge in [-0.3, -0.25) is 0 Å². The van der Waals surface area contributed by atoms with Gasteiger partial charge in [0.15, 0.2) is 0 Å². The monoisotopic (exact) mass is 309 g/mol. The molecule has 0 aliphatic rings. The molecular formula is C15H16FNO3S. The molecule has 112 valence electrons.